The first-order valence-corrected chi connectivity index (χ1v) is 9.62. The van der Waals surface area contributed by atoms with Gasteiger partial charge in [0.2, 0.25) is 0 Å². The van der Waals surface area contributed by atoms with E-state index in [-0.39, 0.29) is 5.91 Å². The number of thiophene rings is 1. The van der Waals surface area contributed by atoms with Crippen LogP contribution in [0.5, 0.6) is 0 Å². The molecule has 1 aromatic carbocycles. The Kier molecular flexibility index (Phi) is 5.29. The van der Waals surface area contributed by atoms with E-state index in [2.05, 4.69) is 39.1 Å². The van der Waals surface area contributed by atoms with Crippen LogP contribution in [0.3, 0.4) is 0 Å². The molecule has 0 radical (unpaired) electrons. The quantitative estimate of drug-likeness (QED) is 0.786. The Morgan fingerprint density at radius 2 is 2.30 bits per heavy atom. The number of nitrogens with zero attached hydrogens (tertiary/aromatic N) is 1. The van der Waals surface area contributed by atoms with Crippen molar-refractivity contribution >= 4 is 50.5 Å². The number of halogens is 2. The molecule has 1 aliphatic heterocycles. The summed E-state index contributed by atoms with van der Waals surface area (Å²) in [6, 6.07) is 7.91. The zero-order valence-electron chi connectivity index (χ0n) is 12.8. The molecule has 6 heteroatoms. The fourth-order valence-corrected chi connectivity index (χ4v) is 4.55. The lowest BCUT2D eigenvalue weighted by atomic mass is 10.1. The van der Waals surface area contributed by atoms with Crippen molar-refractivity contribution in [3.05, 3.63) is 49.6 Å². The summed E-state index contributed by atoms with van der Waals surface area (Å²) in [4.78, 5) is 15.3. The Bertz CT molecular complexity index is 718. The second kappa shape index (κ2) is 7.24. The lowest BCUT2D eigenvalue weighted by molar-refractivity contribution is 0.0951. The van der Waals surface area contributed by atoms with Crippen LogP contribution in [-0.2, 0) is 0 Å². The summed E-state index contributed by atoms with van der Waals surface area (Å²) in [6.45, 7) is 4.77. The summed E-state index contributed by atoms with van der Waals surface area (Å²) >= 11 is 11.0. The van der Waals surface area contributed by atoms with Crippen molar-refractivity contribution in [1.82, 2.24) is 5.32 Å². The van der Waals surface area contributed by atoms with Crippen LogP contribution in [0.4, 0.5) is 5.69 Å². The lowest BCUT2D eigenvalue weighted by Gasteiger charge is -2.21. The van der Waals surface area contributed by atoms with Crippen LogP contribution in [0.25, 0.3) is 0 Å². The van der Waals surface area contributed by atoms with Crippen LogP contribution >= 0.6 is 38.9 Å². The van der Waals surface area contributed by atoms with Gasteiger partial charge in [-0.05, 0) is 64.3 Å². The Morgan fingerprint density at radius 1 is 1.48 bits per heavy atom. The topological polar surface area (TPSA) is 32.3 Å². The number of carbonyl (C=O) groups excluding carboxylic acids is 1. The minimum absolute atomic E-state index is 0.00395. The summed E-state index contributed by atoms with van der Waals surface area (Å²) in [5.74, 6) is 0.473. The standard InChI is InChI=1S/C17H18BrClN2OS/c1-11-2-3-13(19)8-15(11)21-6-4-12(10-21)9-20-17(22)16-14(18)5-7-23-16/h2-3,5,7-8,12H,4,6,9-10H2,1H3,(H,20,22). The molecule has 3 nitrogen and oxygen atoms in total. The minimum Gasteiger partial charge on any atom is -0.371 e. The van der Waals surface area contributed by atoms with Crippen molar-refractivity contribution in [2.45, 2.75) is 13.3 Å². The molecule has 0 aliphatic carbocycles. The average Bonchev–Trinajstić information content (AvgIpc) is 3.16. The van der Waals surface area contributed by atoms with Crippen LogP contribution in [0.2, 0.25) is 5.02 Å². The molecule has 1 saturated heterocycles. The Labute approximate surface area is 153 Å². The maximum absolute atomic E-state index is 12.2. The molecule has 23 heavy (non-hydrogen) atoms. The van der Waals surface area contributed by atoms with E-state index in [4.69, 9.17) is 11.6 Å². The highest BCUT2D eigenvalue weighted by atomic mass is 79.9. The number of aryl methyl sites for hydroxylation is 1. The van der Waals surface area contributed by atoms with Gasteiger partial charge in [0.1, 0.15) is 4.88 Å². The minimum atomic E-state index is 0.00395. The summed E-state index contributed by atoms with van der Waals surface area (Å²) in [5.41, 5.74) is 2.44. The number of carbonyl (C=O) groups is 1. The van der Waals surface area contributed by atoms with E-state index < -0.39 is 0 Å². The zero-order chi connectivity index (χ0) is 16.4. The number of rotatable bonds is 4. The third-order valence-electron chi connectivity index (χ3n) is 4.17. The number of amides is 1. The van der Waals surface area contributed by atoms with Crippen molar-refractivity contribution in [2.24, 2.45) is 5.92 Å². The van der Waals surface area contributed by atoms with Crippen LogP contribution < -0.4 is 10.2 Å². The molecule has 1 fully saturated rings. The predicted molar refractivity (Wildman–Crippen MR) is 101 cm³/mol. The summed E-state index contributed by atoms with van der Waals surface area (Å²) in [7, 11) is 0. The van der Waals surface area contributed by atoms with Gasteiger partial charge in [-0.2, -0.15) is 0 Å². The first kappa shape index (κ1) is 16.8. The smallest absolute Gasteiger partial charge is 0.262 e. The molecule has 0 bridgehead atoms. The van der Waals surface area contributed by atoms with Crippen molar-refractivity contribution in [3.63, 3.8) is 0 Å². The summed E-state index contributed by atoms with van der Waals surface area (Å²) < 4.78 is 0.864. The predicted octanol–water partition coefficient (Wildman–Crippen LogP) is 4.73. The molecule has 1 amide bonds. The van der Waals surface area contributed by atoms with Gasteiger partial charge in [0, 0.05) is 34.8 Å². The maximum Gasteiger partial charge on any atom is 0.262 e. The van der Waals surface area contributed by atoms with Crippen molar-refractivity contribution in [3.8, 4) is 0 Å². The number of benzene rings is 1. The summed E-state index contributed by atoms with van der Waals surface area (Å²) in [6.07, 6.45) is 1.08. The third-order valence-corrected chi connectivity index (χ3v) is 6.24. The Balaban J connectivity index is 1.57. The number of hydrogen-bond acceptors (Lipinski definition) is 3. The second-order valence-corrected chi connectivity index (χ2v) is 8.05. The van der Waals surface area contributed by atoms with Gasteiger partial charge < -0.3 is 10.2 Å². The molecule has 1 unspecified atom stereocenters. The van der Waals surface area contributed by atoms with E-state index >= 15 is 0 Å². The highest BCUT2D eigenvalue weighted by molar-refractivity contribution is 9.10. The van der Waals surface area contributed by atoms with E-state index in [9.17, 15) is 4.79 Å². The van der Waals surface area contributed by atoms with Gasteiger partial charge in [0.15, 0.2) is 0 Å². The van der Waals surface area contributed by atoms with Gasteiger partial charge in [0.05, 0.1) is 0 Å². The van der Waals surface area contributed by atoms with Gasteiger partial charge in [0.25, 0.3) is 5.91 Å². The van der Waals surface area contributed by atoms with Crippen molar-refractivity contribution in [1.29, 1.82) is 0 Å². The molecular weight excluding hydrogens is 396 g/mol. The first-order chi connectivity index (χ1) is 11.0. The number of hydrogen-bond donors (Lipinski definition) is 1. The van der Waals surface area contributed by atoms with Crippen LogP contribution in [0.15, 0.2) is 34.1 Å². The molecular formula is C17H18BrClN2OS. The Hall–Kier alpha value is -1.04. The summed E-state index contributed by atoms with van der Waals surface area (Å²) in [5, 5.41) is 5.74. The van der Waals surface area contributed by atoms with Gasteiger partial charge in [-0.25, -0.2) is 0 Å². The molecule has 0 spiro atoms. The molecule has 1 N–H and O–H groups in total. The first-order valence-electron chi connectivity index (χ1n) is 7.57. The largest absolute Gasteiger partial charge is 0.371 e. The van der Waals surface area contributed by atoms with Crippen LogP contribution in [0.1, 0.15) is 21.7 Å². The maximum atomic E-state index is 12.2. The van der Waals surface area contributed by atoms with Crippen molar-refractivity contribution < 1.29 is 4.79 Å². The molecule has 3 rings (SSSR count). The molecule has 0 saturated carbocycles. The number of nitrogens with one attached hydrogen (secondary N) is 1. The highest BCUT2D eigenvalue weighted by Crippen LogP contribution is 2.29. The second-order valence-electron chi connectivity index (χ2n) is 5.84. The average molecular weight is 414 g/mol. The van der Waals surface area contributed by atoms with Gasteiger partial charge in [-0.3, -0.25) is 4.79 Å². The van der Waals surface area contributed by atoms with Gasteiger partial charge >= 0.3 is 0 Å². The lowest BCUT2D eigenvalue weighted by Crippen LogP contribution is -2.30. The molecule has 2 heterocycles. The van der Waals surface area contributed by atoms with E-state index in [1.807, 2.05) is 23.6 Å². The highest BCUT2D eigenvalue weighted by Gasteiger charge is 2.24. The molecule has 1 aliphatic rings. The molecule has 1 atom stereocenters. The van der Waals surface area contributed by atoms with E-state index in [0.29, 0.717) is 12.5 Å². The number of anilines is 1. The normalized spacial score (nSPS) is 17.5. The fourth-order valence-electron chi connectivity index (χ4n) is 2.91. The molecule has 1 aromatic heterocycles. The van der Waals surface area contributed by atoms with E-state index in [1.165, 1.54) is 22.6 Å². The van der Waals surface area contributed by atoms with Crippen LogP contribution in [0, 0.1) is 12.8 Å². The van der Waals surface area contributed by atoms with Crippen LogP contribution in [-0.4, -0.2) is 25.5 Å². The zero-order valence-corrected chi connectivity index (χ0v) is 16.0. The molecule has 122 valence electrons. The SMILES string of the molecule is Cc1ccc(Cl)cc1N1CCC(CNC(=O)c2sccc2Br)C1. The third kappa shape index (κ3) is 3.90. The Morgan fingerprint density at radius 3 is 3.04 bits per heavy atom. The van der Waals surface area contributed by atoms with E-state index in [0.717, 1.165) is 33.9 Å². The van der Waals surface area contributed by atoms with Gasteiger partial charge in [-0.15, -0.1) is 11.3 Å². The molecule has 2 aromatic rings. The monoisotopic (exact) mass is 412 g/mol. The van der Waals surface area contributed by atoms with Crippen molar-refractivity contribution in [2.75, 3.05) is 24.5 Å². The van der Waals surface area contributed by atoms with Gasteiger partial charge in [-0.1, -0.05) is 17.7 Å². The fraction of sp³-hybridized carbons (Fsp3) is 0.353. The van der Waals surface area contributed by atoms with E-state index in [1.54, 1.807) is 0 Å².